The Hall–Kier alpha value is -2.15. The lowest BCUT2D eigenvalue weighted by Gasteiger charge is -2.26. The molecule has 3 heterocycles. The van der Waals surface area contributed by atoms with E-state index in [1.807, 2.05) is 24.3 Å². The number of carbonyl (C=O) groups is 1. The molecule has 2 aromatic heterocycles. The van der Waals surface area contributed by atoms with Crippen LogP contribution in [0, 0.1) is 0 Å². The number of hydrogen-bond acceptors (Lipinski definition) is 5. The molecule has 1 amide bonds. The first kappa shape index (κ1) is 13.8. The molecular formula is C14H18N4O3. The average Bonchev–Trinajstić information content (AvgIpc) is 3.19. The molecule has 2 atom stereocenters. The highest BCUT2D eigenvalue weighted by molar-refractivity contribution is 5.91. The van der Waals surface area contributed by atoms with E-state index < -0.39 is 0 Å². The summed E-state index contributed by atoms with van der Waals surface area (Å²) in [5, 5.41) is 7.77. The van der Waals surface area contributed by atoms with Gasteiger partial charge in [0.05, 0.1) is 24.5 Å². The zero-order chi connectivity index (χ0) is 14.8. The SMILES string of the molecule is CO[C@H]1CCN(C(=O)c2ccno2)[C@H]1Cc1cnn(C)c1. The van der Waals surface area contributed by atoms with Gasteiger partial charge in [-0.25, -0.2) is 0 Å². The van der Waals surface area contributed by atoms with E-state index in [0.29, 0.717) is 13.0 Å². The molecule has 1 aliphatic rings. The van der Waals surface area contributed by atoms with Crippen LogP contribution >= 0.6 is 0 Å². The van der Waals surface area contributed by atoms with E-state index in [9.17, 15) is 4.79 Å². The molecule has 0 aromatic carbocycles. The van der Waals surface area contributed by atoms with Crippen molar-refractivity contribution in [1.82, 2.24) is 19.8 Å². The molecule has 0 spiro atoms. The maximum atomic E-state index is 12.5. The van der Waals surface area contributed by atoms with Crippen LogP contribution in [-0.4, -0.2) is 51.5 Å². The van der Waals surface area contributed by atoms with E-state index in [-0.39, 0.29) is 23.8 Å². The summed E-state index contributed by atoms with van der Waals surface area (Å²) in [4.78, 5) is 14.3. The third kappa shape index (κ3) is 2.69. The summed E-state index contributed by atoms with van der Waals surface area (Å²) < 4.78 is 12.3. The summed E-state index contributed by atoms with van der Waals surface area (Å²) in [7, 11) is 3.56. The Kier molecular flexibility index (Phi) is 3.74. The number of carbonyl (C=O) groups excluding carboxylic acids is 1. The largest absolute Gasteiger partial charge is 0.379 e. The van der Waals surface area contributed by atoms with Gasteiger partial charge in [-0.15, -0.1) is 0 Å². The van der Waals surface area contributed by atoms with Crippen molar-refractivity contribution in [3.63, 3.8) is 0 Å². The van der Waals surface area contributed by atoms with E-state index >= 15 is 0 Å². The first-order valence-corrected chi connectivity index (χ1v) is 6.91. The summed E-state index contributed by atoms with van der Waals surface area (Å²) in [5.41, 5.74) is 1.09. The van der Waals surface area contributed by atoms with Crippen LogP contribution in [0.2, 0.25) is 0 Å². The number of hydrogen-bond donors (Lipinski definition) is 0. The lowest BCUT2D eigenvalue weighted by molar-refractivity contribution is 0.0481. The molecule has 1 aliphatic heterocycles. The quantitative estimate of drug-likeness (QED) is 0.835. The van der Waals surface area contributed by atoms with Crippen molar-refractivity contribution in [3.05, 3.63) is 36.0 Å². The van der Waals surface area contributed by atoms with Gasteiger partial charge in [0.2, 0.25) is 5.76 Å². The second-order valence-electron chi connectivity index (χ2n) is 5.23. The minimum Gasteiger partial charge on any atom is -0.379 e. The molecular weight excluding hydrogens is 272 g/mol. The van der Waals surface area contributed by atoms with Gasteiger partial charge in [0.25, 0.3) is 5.91 Å². The highest BCUT2D eigenvalue weighted by Crippen LogP contribution is 2.25. The first-order chi connectivity index (χ1) is 10.2. The maximum Gasteiger partial charge on any atom is 0.292 e. The predicted octanol–water partition coefficient (Wildman–Crippen LogP) is 0.880. The van der Waals surface area contributed by atoms with Gasteiger partial charge in [0.1, 0.15) is 0 Å². The topological polar surface area (TPSA) is 73.4 Å². The molecule has 0 bridgehead atoms. The molecule has 0 unspecified atom stereocenters. The van der Waals surface area contributed by atoms with Gasteiger partial charge in [0.15, 0.2) is 0 Å². The van der Waals surface area contributed by atoms with Gasteiger partial charge < -0.3 is 14.2 Å². The van der Waals surface area contributed by atoms with Crippen molar-refractivity contribution >= 4 is 5.91 Å². The molecule has 0 aliphatic carbocycles. The molecule has 7 nitrogen and oxygen atoms in total. The molecule has 0 N–H and O–H groups in total. The Morgan fingerprint density at radius 2 is 2.43 bits per heavy atom. The van der Waals surface area contributed by atoms with Crippen LogP contribution in [0.5, 0.6) is 0 Å². The monoisotopic (exact) mass is 290 g/mol. The van der Waals surface area contributed by atoms with E-state index in [1.54, 1.807) is 17.9 Å². The van der Waals surface area contributed by atoms with Gasteiger partial charge in [-0.1, -0.05) is 5.16 Å². The molecule has 0 radical (unpaired) electrons. The van der Waals surface area contributed by atoms with Crippen molar-refractivity contribution in [1.29, 1.82) is 0 Å². The Labute approximate surface area is 122 Å². The lowest BCUT2D eigenvalue weighted by Crippen LogP contribution is -2.41. The van der Waals surface area contributed by atoms with Crippen molar-refractivity contribution in [3.8, 4) is 0 Å². The normalized spacial score (nSPS) is 21.9. The zero-order valence-corrected chi connectivity index (χ0v) is 12.1. The number of nitrogens with zero attached hydrogens (tertiary/aromatic N) is 4. The van der Waals surface area contributed by atoms with Gasteiger partial charge >= 0.3 is 0 Å². The molecule has 0 saturated carbocycles. The van der Waals surface area contributed by atoms with Crippen LogP contribution in [0.4, 0.5) is 0 Å². The van der Waals surface area contributed by atoms with Crippen LogP contribution in [0.1, 0.15) is 22.5 Å². The summed E-state index contributed by atoms with van der Waals surface area (Å²) in [6.07, 6.45) is 6.82. The van der Waals surface area contributed by atoms with Crippen molar-refractivity contribution in [2.24, 2.45) is 7.05 Å². The minimum absolute atomic E-state index is 0.0169. The van der Waals surface area contributed by atoms with Crippen molar-refractivity contribution in [2.45, 2.75) is 25.0 Å². The Bertz CT molecular complexity index is 608. The average molecular weight is 290 g/mol. The van der Waals surface area contributed by atoms with Crippen LogP contribution in [0.15, 0.2) is 29.2 Å². The summed E-state index contributed by atoms with van der Waals surface area (Å²) >= 11 is 0. The number of amides is 1. The fourth-order valence-corrected chi connectivity index (χ4v) is 2.88. The Balaban J connectivity index is 1.80. The van der Waals surface area contributed by atoms with Gasteiger partial charge in [-0.3, -0.25) is 9.48 Å². The third-order valence-electron chi connectivity index (χ3n) is 3.90. The number of aryl methyl sites for hydroxylation is 1. The van der Waals surface area contributed by atoms with Gasteiger partial charge in [0, 0.05) is 33.0 Å². The molecule has 21 heavy (non-hydrogen) atoms. The van der Waals surface area contributed by atoms with Gasteiger partial charge in [-0.05, 0) is 18.4 Å². The lowest BCUT2D eigenvalue weighted by atomic mass is 10.0. The standard InChI is InChI=1S/C14H18N4O3/c1-17-9-10(8-15-17)7-11-12(20-2)4-6-18(11)14(19)13-3-5-16-21-13/h3,5,8-9,11-12H,4,6-7H2,1-2H3/t11-,12-/m0/s1. The van der Waals surface area contributed by atoms with Crippen LogP contribution in [-0.2, 0) is 18.2 Å². The van der Waals surface area contributed by atoms with Crippen molar-refractivity contribution < 1.29 is 14.1 Å². The smallest absolute Gasteiger partial charge is 0.292 e. The Morgan fingerprint density at radius 3 is 3.05 bits per heavy atom. The zero-order valence-electron chi connectivity index (χ0n) is 12.1. The van der Waals surface area contributed by atoms with Crippen LogP contribution in [0.25, 0.3) is 0 Å². The molecule has 7 heteroatoms. The Morgan fingerprint density at radius 1 is 1.57 bits per heavy atom. The number of ether oxygens (including phenoxy) is 1. The molecule has 2 aromatic rings. The minimum atomic E-state index is -0.138. The first-order valence-electron chi connectivity index (χ1n) is 6.91. The fraction of sp³-hybridized carbons (Fsp3) is 0.500. The maximum absolute atomic E-state index is 12.5. The van der Waals surface area contributed by atoms with E-state index in [4.69, 9.17) is 9.26 Å². The summed E-state index contributed by atoms with van der Waals surface area (Å²) in [5.74, 6) is 0.129. The van der Waals surface area contributed by atoms with Crippen molar-refractivity contribution in [2.75, 3.05) is 13.7 Å². The number of methoxy groups -OCH3 is 1. The number of aromatic nitrogens is 3. The van der Waals surface area contributed by atoms with Gasteiger partial charge in [-0.2, -0.15) is 5.10 Å². The summed E-state index contributed by atoms with van der Waals surface area (Å²) in [6, 6.07) is 1.57. The molecule has 3 rings (SSSR count). The van der Waals surface area contributed by atoms with Crippen LogP contribution < -0.4 is 0 Å². The highest BCUT2D eigenvalue weighted by atomic mass is 16.5. The predicted molar refractivity (Wildman–Crippen MR) is 73.7 cm³/mol. The molecule has 1 saturated heterocycles. The third-order valence-corrected chi connectivity index (χ3v) is 3.90. The van der Waals surface area contributed by atoms with E-state index in [2.05, 4.69) is 10.3 Å². The van der Waals surface area contributed by atoms with Crippen LogP contribution in [0.3, 0.4) is 0 Å². The van der Waals surface area contributed by atoms with E-state index in [0.717, 1.165) is 12.0 Å². The van der Waals surface area contributed by atoms with E-state index in [1.165, 1.54) is 6.20 Å². The number of rotatable bonds is 4. The summed E-state index contributed by atoms with van der Waals surface area (Å²) in [6.45, 7) is 0.656. The highest BCUT2D eigenvalue weighted by Gasteiger charge is 2.38. The second-order valence-corrected chi connectivity index (χ2v) is 5.23. The molecule has 112 valence electrons. The fourth-order valence-electron chi connectivity index (χ4n) is 2.88. The number of likely N-dealkylation sites (tertiary alicyclic amines) is 1. The second kappa shape index (κ2) is 5.69. The molecule has 1 fully saturated rings.